The normalized spacial score (nSPS) is 10.3. The molecule has 2 aromatic rings. The van der Waals surface area contributed by atoms with Crippen LogP contribution in [-0.4, -0.2) is 5.91 Å². The van der Waals surface area contributed by atoms with E-state index in [1.54, 1.807) is 0 Å². The molecule has 19 heavy (non-hydrogen) atoms. The van der Waals surface area contributed by atoms with Crippen molar-refractivity contribution in [3.8, 4) is 0 Å². The van der Waals surface area contributed by atoms with Crippen LogP contribution < -0.4 is 11.1 Å². The van der Waals surface area contributed by atoms with Gasteiger partial charge in [-0.05, 0) is 36.4 Å². The Morgan fingerprint density at radius 3 is 2.53 bits per heavy atom. The summed E-state index contributed by atoms with van der Waals surface area (Å²) < 4.78 is 26.4. The second-order valence-electron chi connectivity index (χ2n) is 3.82. The van der Waals surface area contributed by atoms with Crippen LogP contribution in [0, 0.1) is 11.6 Å². The molecule has 3 nitrogen and oxygen atoms in total. The van der Waals surface area contributed by atoms with E-state index in [9.17, 15) is 13.6 Å². The van der Waals surface area contributed by atoms with Gasteiger partial charge in [0.15, 0.2) is 0 Å². The van der Waals surface area contributed by atoms with Crippen molar-refractivity contribution in [2.45, 2.75) is 0 Å². The summed E-state index contributed by atoms with van der Waals surface area (Å²) in [7, 11) is 0. The van der Waals surface area contributed by atoms with Gasteiger partial charge >= 0.3 is 0 Å². The summed E-state index contributed by atoms with van der Waals surface area (Å²) in [6, 6.07) is 7.20. The molecule has 3 N–H and O–H groups in total. The van der Waals surface area contributed by atoms with Gasteiger partial charge in [-0.25, -0.2) is 8.78 Å². The summed E-state index contributed by atoms with van der Waals surface area (Å²) in [4.78, 5) is 11.8. The molecule has 0 aromatic heterocycles. The highest BCUT2D eigenvalue weighted by molar-refractivity contribution is 6.33. The van der Waals surface area contributed by atoms with Gasteiger partial charge in [0.1, 0.15) is 11.6 Å². The molecule has 0 aliphatic heterocycles. The van der Waals surface area contributed by atoms with Crippen LogP contribution in [0.1, 0.15) is 10.4 Å². The molecule has 98 valence electrons. The zero-order chi connectivity index (χ0) is 14.0. The molecule has 2 aromatic carbocycles. The van der Waals surface area contributed by atoms with Crippen molar-refractivity contribution in [2.75, 3.05) is 11.1 Å². The predicted octanol–water partition coefficient (Wildman–Crippen LogP) is 3.45. The molecule has 0 saturated heterocycles. The van der Waals surface area contributed by atoms with E-state index in [-0.39, 0.29) is 22.0 Å². The Hall–Kier alpha value is -2.14. The average molecular weight is 283 g/mol. The number of halogens is 3. The summed E-state index contributed by atoms with van der Waals surface area (Å²) in [5.41, 5.74) is 5.63. The molecule has 0 radical (unpaired) electrons. The number of carbonyl (C=O) groups excluding carboxylic acids is 1. The van der Waals surface area contributed by atoms with Crippen molar-refractivity contribution in [3.63, 3.8) is 0 Å². The Balaban J connectivity index is 2.25. The number of benzene rings is 2. The number of amides is 1. The lowest BCUT2D eigenvalue weighted by molar-refractivity contribution is 0.102. The fraction of sp³-hybridized carbons (Fsp3) is 0. The molecule has 0 atom stereocenters. The molecule has 0 aliphatic rings. The number of anilines is 2. The van der Waals surface area contributed by atoms with Gasteiger partial charge in [-0.2, -0.15) is 0 Å². The van der Waals surface area contributed by atoms with E-state index in [0.29, 0.717) is 0 Å². The maximum absolute atomic E-state index is 13.5. The van der Waals surface area contributed by atoms with Gasteiger partial charge in [-0.1, -0.05) is 11.6 Å². The standard InChI is InChI=1S/C13H9ClF2N2O/c14-10-5-7(15)1-4-12(10)18-13(19)9-3-2-8(17)6-11(9)16/h1-6H,17H2,(H,18,19). The van der Waals surface area contributed by atoms with Crippen molar-refractivity contribution in [1.29, 1.82) is 0 Å². The Labute approximate surface area is 113 Å². The fourth-order valence-corrected chi connectivity index (χ4v) is 1.71. The minimum Gasteiger partial charge on any atom is -0.399 e. The van der Waals surface area contributed by atoms with Crippen LogP contribution in [0.3, 0.4) is 0 Å². The van der Waals surface area contributed by atoms with E-state index in [1.165, 1.54) is 18.2 Å². The second kappa shape index (κ2) is 5.24. The first-order valence-electron chi connectivity index (χ1n) is 5.29. The zero-order valence-electron chi connectivity index (χ0n) is 9.58. The lowest BCUT2D eigenvalue weighted by Gasteiger charge is -2.08. The Kier molecular flexibility index (Phi) is 3.66. The quantitative estimate of drug-likeness (QED) is 0.829. The molecule has 6 heteroatoms. The van der Waals surface area contributed by atoms with Crippen molar-refractivity contribution >= 4 is 28.9 Å². The fourth-order valence-electron chi connectivity index (χ4n) is 1.50. The average Bonchev–Trinajstić information content (AvgIpc) is 2.32. The van der Waals surface area contributed by atoms with Crippen molar-refractivity contribution in [1.82, 2.24) is 0 Å². The van der Waals surface area contributed by atoms with E-state index in [0.717, 1.165) is 18.2 Å². The van der Waals surface area contributed by atoms with Crippen LogP contribution in [-0.2, 0) is 0 Å². The van der Waals surface area contributed by atoms with Gasteiger partial charge < -0.3 is 11.1 Å². The van der Waals surface area contributed by atoms with E-state index in [1.807, 2.05) is 0 Å². The maximum atomic E-state index is 13.5. The van der Waals surface area contributed by atoms with E-state index in [2.05, 4.69) is 5.32 Å². The van der Waals surface area contributed by atoms with Gasteiger partial charge in [-0.15, -0.1) is 0 Å². The maximum Gasteiger partial charge on any atom is 0.258 e. The topological polar surface area (TPSA) is 55.1 Å². The Morgan fingerprint density at radius 1 is 1.16 bits per heavy atom. The summed E-state index contributed by atoms with van der Waals surface area (Å²) >= 11 is 5.76. The van der Waals surface area contributed by atoms with Crippen LogP contribution in [0.15, 0.2) is 36.4 Å². The number of carbonyl (C=O) groups is 1. The number of nitrogens with two attached hydrogens (primary N) is 1. The van der Waals surface area contributed by atoms with Crippen LogP contribution in [0.2, 0.25) is 5.02 Å². The molecule has 0 spiro atoms. The van der Waals surface area contributed by atoms with Crippen molar-refractivity contribution in [3.05, 3.63) is 58.6 Å². The molecular weight excluding hydrogens is 274 g/mol. The summed E-state index contributed by atoms with van der Waals surface area (Å²) in [6.07, 6.45) is 0. The van der Waals surface area contributed by atoms with Crippen LogP contribution in [0.25, 0.3) is 0 Å². The van der Waals surface area contributed by atoms with Crippen molar-refractivity contribution in [2.24, 2.45) is 0 Å². The van der Waals surface area contributed by atoms with Gasteiger partial charge in [-0.3, -0.25) is 4.79 Å². The minimum atomic E-state index is -0.740. The lowest BCUT2D eigenvalue weighted by Crippen LogP contribution is -2.14. The molecular formula is C13H9ClF2N2O. The third-order valence-corrected chi connectivity index (χ3v) is 2.73. The monoisotopic (exact) mass is 282 g/mol. The highest BCUT2D eigenvalue weighted by atomic mass is 35.5. The predicted molar refractivity (Wildman–Crippen MR) is 70.2 cm³/mol. The van der Waals surface area contributed by atoms with Crippen LogP contribution in [0.5, 0.6) is 0 Å². The Morgan fingerprint density at radius 2 is 1.89 bits per heavy atom. The molecule has 0 unspecified atom stereocenters. The SMILES string of the molecule is Nc1ccc(C(=O)Nc2ccc(F)cc2Cl)c(F)c1. The number of hydrogen-bond acceptors (Lipinski definition) is 2. The molecule has 0 heterocycles. The lowest BCUT2D eigenvalue weighted by atomic mass is 10.1. The summed E-state index contributed by atoms with van der Waals surface area (Å²) in [5.74, 6) is -1.96. The molecule has 0 fully saturated rings. The van der Waals surface area contributed by atoms with E-state index < -0.39 is 17.5 Å². The number of nitrogens with one attached hydrogen (secondary N) is 1. The number of rotatable bonds is 2. The third kappa shape index (κ3) is 3.00. The third-order valence-electron chi connectivity index (χ3n) is 2.42. The molecule has 0 bridgehead atoms. The highest BCUT2D eigenvalue weighted by Crippen LogP contribution is 2.23. The van der Waals surface area contributed by atoms with E-state index in [4.69, 9.17) is 17.3 Å². The smallest absolute Gasteiger partial charge is 0.258 e. The minimum absolute atomic E-state index is 0.0317. The highest BCUT2D eigenvalue weighted by Gasteiger charge is 2.13. The molecule has 2 rings (SSSR count). The van der Waals surface area contributed by atoms with Gasteiger partial charge in [0.25, 0.3) is 5.91 Å². The van der Waals surface area contributed by atoms with Crippen molar-refractivity contribution < 1.29 is 13.6 Å². The van der Waals surface area contributed by atoms with Gasteiger partial charge in [0, 0.05) is 5.69 Å². The molecule has 0 saturated carbocycles. The molecule has 1 amide bonds. The van der Waals surface area contributed by atoms with E-state index >= 15 is 0 Å². The number of hydrogen-bond donors (Lipinski definition) is 2. The number of nitrogen functional groups attached to an aromatic ring is 1. The Bertz CT molecular complexity index is 647. The largest absolute Gasteiger partial charge is 0.399 e. The van der Waals surface area contributed by atoms with Gasteiger partial charge in [0.2, 0.25) is 0 Å². The first-order valence-corrected chi connectivity index (χ1v) is 5.66. The second-order valence-corrected chi connectivity index (χ2v) is 4.22. The molecule has 0 aliphatic carbocycles. The summed E-state index contributed by atoms with van der Waals surface area (Å²) in [5, 5.41) is 2.43. The first kappa shape index (κ1) is 13.3. The summed E-state index contributed by atoms with van der Waals surface area (Å²) in [6.45, 7) is 0. The van der Waals surface area contributed by atoms with Crippen LogP contribution >= 0.6 is 11.6 Å². The first-order chi connectivity index (χ1) is 8.97. The van der Waals surface area contributed by atoms with Gasteiger partial charge in [0.05, 0.1) is 16.3 Å². The van der Waals surface area contributed by atoms with Crippen LogP contribution in [0.4, 0.5) is 20.2 Å². The zero-order valence-corrected chi connectivity index (χ0v) is 10.3.